The summed E-state index contributed by atoms with van der Waals surface area (Å²) in [5.41, 5.74) is 1.08. The van der Waals surface area contributed by atoms with E-state index >= 15 is 0 Å². The average molecular weight is 288 g/mol. The molecule has 2 aromatic rings. The molecule has 2 rings (SSSR count). The molecule has 0 radical (unpaired) electrons. The first-order valence-corrected chi connectivity index (χ1v) is 6.86. The Morgan fingerprint density at radius 3 is 2.71 bits per heavy atom. The second-order valence-electron chi connectivity index (χ2n) is 5.14. The topological polar surface area (TPSA) is 69.0 Å². The number of ether oxygens (including phenoxy) is 1. The minimum Gasteiger partial charge on any atom is -0.483 e. The van der Waals surface area contributed by atoms with Gasteiger partial charge in [-0.15, -0.1) is 5.10 Å². The van der Waals surface area contributed by atoms with E-state index in [4.69, 9.17) is 4.74 Å². The minimum absolute atomic E-state index is 0.0684. The second-order valence-corrected chi connectivity index (χ2v) is 5.14. The fraction of sp³-hybridized carbons (Fsp3) is 0.400. The fourth-order valence-corrected chi connectivity index (χ4v) is 1.91. The van der Waals surface area contributed by atoms with Crippen molar-refractivity contribution >= 4 is 11.9 Å². The molecule has 0 fully saturated rings. The Morgan fingerprint density at radius 1 is 1.38 bits per heavy atom. The highest BCUT2D eigenvalue weighted by atomic mass is 16.5. The Bertz CT molecular complexity index is 615. The monoisotopic (exact) mass is 288 g/mol. The lowest BCUT2D eigenvalue weighted by atomic mass is 10.0. The van der Waals surface area contributed by atoms with E-state index in [-0.39, 0.29) is 12.5 Å². The van der Waals surface area contributed by atoms with Crippen molar-refractivity contribution in [3.05, 3.63) is 35.7 Å². The van der Waals surface area contributed by atoms with Crippen molar-refractivity contribution < 1.29 is 9.53 Å². The minimum atomic E-state index is -0.279. The number of nitrogens with one attached hydrogen (secondary N) is 1. The van der Waals surface area contributed by atoms with Gasteiger partial charge in [-0.3, -0.25) is 14.8 Å². The Labute approximate surface area is 124 Å². The van der Waals surface area contributed by atoms with E-state index in [1.54, 1.807) is 11.7 Å². The summed E-state index contributed by atoms with van der Waals surface area (Å²) in [6.45, 7) is 5.92. The summed E-state index contributed by atoms with van der Waals surface area (Å²) in [7, 11) is 1.77. The number of aryl methyl sites for hydroxylation is 2. The van der Waals surface area contributed by atoms with Crippen LogP contribution in [0.2, 0.25) is 0 Å². The van der Waals surface area contributed by atoms with Crippen molar-refractivity contribution in [3.8, 4) is 5.75 Å². The van der Waals surface area contributed by atoms with Gasteiger partial charge >= 0.3 is 0 Å². The zero-order chi connectivity index (χ0) is 15.4. The molecule has 0 bridgehead atoms. The quantitative estimate of drug-likeness (QED) is 0.916. The third kappa shape index (κ3) is 3.81. The highest BCUT2D eigenvalue weighted by Gasteiger charge is 2.11. The third-order valence-corrected chi connectivity index (χ3v) is 3.13. The van der Waals surface area contributed by atoms with Gasteiger partial charge in [0, 0.05) is 7.05 Å². The van der Waals surface area contributed by atoms with E-state index in [0.717, 1.165) is 17.1 Å². The average Bonchev–Trinajstić information content (AvgIpc) is 2.75. The van der Waals surface area contributed by atoms with E-state index in [9.17, 15) is 4.79 Å². The molecule has 0 saturated heterocycles. The second kappa shape index (κ2) is 6.39. The van der Waals surface area contributed by atoms with Crippen molar-refractivity contribution in [2.24, 2.45) is 7.05 Å². The number of benzene rings is 1. The van der Waals surface area contributed by atoms with Crippen LogP contribution in [0.4, 0.5) is 5.95 Å². The van der Waals surface area contributed by atoms with Crippen LogP contribution in [-0.4, -0.2) is 27.3 Å². The normalized spacial score (nSPS) is 10.7. The molecule has 1 heterocycles. The first-order valence-electron chi connectivity index (χ1n) is 6.86. The fourth-order valence-electron chi connectivity index (χ4n) is 1.91. The summed E-state index contributed by atoms with van der Waals surface area (Å²) >= 11 is 0. The predicted octanol–water partition coefficient (Wildman–Crippen LogP) is 2.26. The molecule has 0 saturated carbocycles. The number of aromatic nitrogens is 3. The number of amides is 1. The maximum absolute atomic E-state index is 11.9. The molecule has 6 nitrogen and oxygen atoms in total. The number of carbonyl (C=O) groups is 1. The van der Waals surface area contributed by atoms with Crippen LogP contribution in [0, 0.1) is 6.92 Å². The van der Waals surface area contributed by atoms with Crippen LogP contribution in [0.25, 0.3) is 0 Å². The van der Waals surface area contributed by atoms with Crippen LogP contribution in [0.15, 0.2) is 24.3 Å². The smallest absolute Gasteiger partial charge is 0.264 e. The van der Waals surface area contributed by atoms with Crippen LogP contribution < -0.4 is 10.1 Å². The summed E-state index contributed by atoms with van der Waals surface area (Å²) < 4.78 is 7.20. The van der Waals surface area contributed by atoms with Crippen LogP contribution in [0.3, 0.4) is 0 Å². The van der Waals surface area contributed by atoms with Gasteiger partial charge in [-0.05, 0) is 24.5 Å². The van der Waals surface area contributed by atoms with Gasteiger partial charge in [-0.25, -0.2) is 0 Å². The SMILES string of the molecule is Cc1nc(NC(=O)COc2ccccc2C(C)C)nn1C. The van der Waals surface area contributed by atoms with Gasteiger partial charge in [0.05, 0.1) is 0 Å². The van der Waals surface area contributed by atoms with Crippen molar-refractivity contribution in [2.45, 2.75) is 26.7 Å². The molecule has 0 atom stereocenters. The Hall–Kier alpha value is -2.37. The maximum atomic E-state index is 11.9. The van der Waals surface area contributed by atoms with Crippen molar-refractivity contribution in [2.75, 3.05) is 11.9 Å². The summed E-state index contributed by atoms with van der Waals surface area (Å²) in [6, 6.07) is 7.72. The van der Waals surface area contributed by atoms with E-state index in [1.165, 1.54) is 0 Å². The highest BCUT2D eigenvalue weighted by Crippen LogP contribution is 2.25. The van der Waals surface area contributed by atoms with Crippen molar-refractivity contribution in [1.82, 2.24) is 14.8 Å². The molecule has 0 unspecified atom stereocenters. The molecular weight excluding hydrogens is 268 g/mol. The standard InChI is InChI=1S/C15H20N4O2/c1-10(2)12-7-5-6-8-13(12)21-9-14(20)17-15-16-11(3)19(4)18-15/h5-8,10H,9H2,1-4H3,(H,17,18,20). The highest BCUT2D eigenvalue weighted by molar-refractivity contribution is 5.90. The molecule has 6 heteroatoms. The number of nitrogens with zero attached hydrogens (tertiary/aromatic N) is 3. The van der Waals surface area contributed by atoms with Crippen LogP contribution in [-0.2, 0) is 11.8 Å². The molecule has 1 aromatic carbocycles. The van der Waals surface area contributed by atoms with Gasteiger partial charge in [0.25, 0.3) is 5.91 Å². The summed E-state index contributed by atoms with van der Waals surface area (Å²) in [4.78, 5) is 16.0. The number of hydrogen-bond donors (Lipinski definition) is 1. The maximum Gasteiger partial charge on any atom is 0.264 e. The van der Waals surface area contributed by atoms with Gasteiger partial charge in [0.1, 0.15) is 11.6 Å². The Morgan fingerprint density at radius 2 is 2.10 bits per heavy atom. The molecule has 112 valence electrons. The first-order chi connectivity index (χ1) is 9.97. The molecule has 0 aliphatic rings. The summed E-state index contributed by atoms with van der Waals surface area (Å²) in [6.07, 6.45) is 0. The van der Waals surface area contributed by atoms with E-state index in [0.29, 0.717) is 11.9 Å². The molecular formula is C15H20N4O2. The molecule has 0 aliphatic carbocycles. The molecule has 1 N–H and O–H groups in total. The number of carbonyl (C=O) groups excluding carboxylic acids is 1. The largest absolute Gasteiger partial charge is 0.483 e. The summed E-state index contributed by atoms with van der Waals surface area (Å²) in [5.74, 6) is 1.81. The van der Waals surface area contributed by atoms with Crippen molar-refractivity contribution in [3.63, 3.8) is 0 Å². The molecule has 0 spiro atoms. The van der Waals surface area contributed by atoms with Crippen LogP contribution in [0.5, 0.6) is 5.75 Å². The lowest BCUT2D eigenvalue weighted by Crippen LogP contribution is -2.21. The number of hydrogen-bond acceptors (Lipinski definition) is 4. The number of para-hydroxylation sites is 1. The van der Waals surface area contributed by atoms with Crippen LogP contribution >= 0.6 is 0 Å². The van der Waals surface area contributed by atoms with E-state index in [2.05, 4.69) is 29.2 Å². The number of anilines is 1. The lowest BCUT2D eigenvalue weighted by molar-refractivity contribution is -0.118. The Balaban J connectivity index is 1.95. The molecule has 1 amide bonds. The van der Waals surface area contributed by atoms with Crippen LogP contribution in [0.1, 0.15) is 31.2 Å². The van der Waals surface area contributed by atoms with Gasteiger partial charge in [0.2, 0.25) is 5.95 Å². The first kappa shape index (κ1) is 15.0. The molecule has 1 aromatic heterocycles. The zero-order valence-corrected chi connectivity index (χ0v) is 12.8. The van der Waals surface area contributed by atoms with E-state index in [1.807, 2.05) is 31.2 Å². The van der Waals surface area contributed by atoms with Gasteiger partial charge < -0.3 is 4.74 Å². The van der Waals surface area contributed by atoms with Gasteiger partial charge in [0.15, 0.2) is 6.61 Å². The van der Waals surface area contributed by atoms with E-state index < -0.39 is 0 Å². The lowest BCUT2D eigenvalue weighted by Gasteiger charge is -2.13. The summed E-state index contributed by atoms with van der Waals surface area (Å²) in [5, 5.41) is 6.68. The zero-order valence-electron chi connectivity index (χ0n) is 12.8. The van der Waals surface area contributed by atoms with Gasteiger partial charge in [-0.1, -0.05) is 32.0 Å². The number of rotatable bonds is 5. The van der Waals surface area contributed by atoms with Crippen molar-refractivity contribution in [1.29, 1.82) is 0 Å². The third-order valence-electron chi connectivity index (χ3n) is 3.13. The van der Waals surface area contributed by atoms with Gasteiger partial charge in [-0.2, -0.15) is 4.98 Å². The molecule has 0 aliphatic heterocycles. The Kier molecular flexibility index (Phi) is 4.57. The predicted molar refractivity (Wildman–Crippen MR) is 80.4 cm³/mol. The molecule has 21 heavy (non-hydrogen) atoms.